The third-order valence-corrected chi connectivity index (χ3v) is 8.69. The average molecular weight is 344 g/mol. The van der Waals surface area contributed by atoms with E-state index in [9.17, 15) is 14.7 Å². The summed E-state index contributed by atoms with van der Waals surface area (Å²) in [6.07, 6.45) is 8.71. The molecule has 0 aliphatic heterocycles. The van der Waals surface area contributed by atoms with Crippen LogP contribution in [0.25, 0.3) is 0 Å². The molecule has 0 amide bonds. The topological polar surface area (TPSA) is 54.4 Å². The summed E-state index contributed by atoms with van der Waals surface area (Å²) in [7, 11) is 0. The maximum atomic E-state index is 12.7. The molecule has 0 aromatic heterocycles. The number of allylic oxidation sites excluding steroid dienone is 1. The van der Waals surface area contributed by atoms with Gasteiger partial charge in [0, 0.05) is 18.8 Å². The predicted molar refractivity (Wildman–Crippen MR) is 96.9 cm³/mol. The van der Waals surface area contributed by atoms with Crippen LogP contribution in [0.3, 0.4) is 0 Å². The van der Waals surface area contributed by atoms with Crippen LogP contribution in [0, 0.1) is 34.5 Å². The molecule has 1 N–H and O–H groups in total. The van der Waals surface area contributed by atoms with E-state index in [0.717, 1.165) is 32.1 Å². The van der Waals surface area contributed by atoms with Gasteiger partial charge in [-0.1, -0.05) is 26.3 Å². The van der Waals surface area contributed by atoms with E-state index in [1.807, 2.05) is 13.0 Å². The second kappa shape index (κ2) is 5.77. The van der Waals surface area contributed by atoms with E-state index in [0.29, 0.717) is 48.6 Å². The first-order valence-corrected chi connectivity index (χ1v) is 10.3. The predicted octanol–water partition coefficient (Wildman–Crippen LogP) is 4.08. The molecule has 0 spiro atoms. The molecule has 3 heteroatoms. The minimum Gasteiger partial charge on any atom is -0.393 e. The van der Waals surface area contributed by atoms with Gasteiger partial charge >= 0.3 is 0 Å². The highest BCUT2D eigenvalue weighted by atomic mass is 16.3. The van der Waals surface area contributed by atoms with Crippen LogP contribution in [-0.4, -0.2) is 22.8 Å². The first-order chi connectivity index (χ1) is 11.8. The minimum absolute atomic E-state index is 0.0390. The summed E-state index contributed by atoms with van der Waals surface area (Å²) >= 11 is 0. The summed E-state index contributed by atoms with van der Waals surface area (Å²) in [5.74, 6) is 2.09. The van der Waals surface area contributed by atoms with Crippen molar-refractivity contribution in [3.8, 4) is 0 Å². The highest BCUT2D eigenvalue weighted by Crippen LogP contribution is 2.66. The quantitative estimate of drug-likeness (QED) is 0.821. The van der Waals surface area contributed by atoms with E-state index >= 15 is 0 Å². The highest BCUT2D eigenvalue weighted by molar-refractivity contribution is 5.91. The third kappa shape index (κ3) is 2.34. The van der Waals surface area contributed by atoms with Crippen molar-refractivity contribution in [1.29, 1.82) is 0 Å². The molecular formula is C22H32O3. The summed E-state index contributed by atoms with van der Waals surface area (Å²) in [6.45, 7) is 6.56. The van der Waals surface area contributed by atoms with E-state index in [1.54, 1.807) is 0 Å². The van der Waals surface area contributed by atoms with E-state index in [1.165, 1.54) is 5.57 Å². The lowest BCUT2D eigenvalue weighted by molar-refractivity contribution is -0.130. The molecule has 3 nitrogen and oxygen atoms in total. The maximum Gasteiger partial charge on any atom is 0.155 e. The van der Waals surface area contributed by atoms with E-state index in [4.69, 9.17) is 0 Å². The number of hydrogen-bond acceptors (Lipinski definition) is 3. The van der Waals surface area contributed by atoms with Gasteiger partial charge in [0.15, 0.2) is 5.78 Å². The lowest BCUT2D eigenvalue weighted by Gasteiger charge is -2.58. The van der Waals surface area contributed by atoms with Gasteiger partial charge in [-0.3, -0.25) is 9.59 Å². The molecule has 3 saturated carbocycles. The standard InChI is InChI=1S/C22H32O3/c1-4-18(24)16-12-19(25)22(3)10-8-17-15(20(16)22)6-5-13-11-14(23)7-9-21(13,17)2/h11,15-17,19-20,25H,4-10,12H2,1-3H3/t15-,16?,17+,19+,20-,21+,22-/m1/s1. The third-order valence-electron chi connectivity index (χ3n) is 8.69. The normalized spacial score (nSPS) is 49.0. The zero-order valence-electron chi connectivity index (χ0n) is 15.9. The van der Waals surface area contributed by atoms with Crippen molar-refractivity contribution in [2.24, 2.45) is 34.5 Å². The summed E-state index contributed by atoms with van der Waals surface area (Å²) in [4.78, 5) is 24.6. The molecule has 4 rings (SSSR count). The van der Waals surface area contributed by atoms with Crippen LogP contribution in [-0.2, 0) is 9.59 Å². The Balaban J connectivity index is 1.72. The van der Waals surface area contributed by atoms with Crippen LogP contribution in [0.4, 0.5) is 0 Å². The molecule has 7 atom stereocenters. The van der Waals surface area contributed by atoms with Gasteiger partial charge in [-0.05, 0) is 73.2 Å². The van der Waals surface area contributed by atoms with Crippen molar-refractivity contribution in [1.82, 2.24) is 0 Å². The zero-order chi connectivity index (χ0) is 18.0. The molecule has 25 heavy (non-hydrogen) atoms. The van der Waals surface area contributed by atoms with Gasteiger partial charge in [0.05, 0.1) is 6.10 Å². The number of aliphatic hydroxyl groups excluding tert-OH is 1. The van der Waals surface area contributed by atoms with Crippen molar-refractivity contribution in [2.75, 3.05) is 0 Å². The second-order valence-electron chi connectivity index (χ2n) is 9.61. The molecule has 4 aliphatic rings. The van der Waals surface area contributed by atoms with Gasteiger partial charge < -0.3 is 5.11 Å². The van der Waals surface area contributed by atoms with Gasteiger partial charge in [0.25, 0.3) is 0 Å². The van der Waals surface area contributed by atoms with Crippen LogP contribution < -0.4 is 0 Å². The number of carbonyl (C=O) groups is 2. The molecule has 0 bridgehead atoms. The number of carbonyl (C=O) groups excluding carboxylic acids is 2. The summed E-state index contributed by atoms with van der Waals surface area (Å²) in [5, 5.41) is 10.8. The Morgan fingerprint density at radius 1 is 1.24 bits per heavy atom. The van der Waals surface area contributed by atoms with Gasteiger partial charge in [-0.15, -0.1) is 0 Å². The fourth-order valence-corrected chi connectivity index (χ4v) is 7.23. The van der Waals surface area contributed by atoms with Gasteiger partial charge in [-0.2, -0.15) is 0 Å². The van der Waals surface area contributed by atoms with Crippen LogP contribution in [0.15, 0.2) is 11.6 Å². The van der Waals surface area contributed by atoms with E-state index < -0.39 is 0 Å². The smallest absolute Gasteiger partial charge is 0.155 e. The lowest BCUT2D eigenvalue weighted by Crippen LogP contribution is -2.52. The monoisotopic (exact) mass is 344 g/mol. The number of hydrogen-bond donors (Lipinski definition) is 1. The summed E-state index contributed by atoms with van der Waals surface area (Å²) < 4.78 is 0. The van der Waals surface area contributed by atoms with Crippen LogP contribution in [0.1, 0.15) is 72.1 Å². The Hall–Kier alpha value is -0.960. The first-order valence-electron chi connectivity index (χ1n) is 10.3. The van der Waals surface area contributed by atoms with Gasteiger partial charge in [0.2, 0.25) is 0 Å². The molecule has 1 unspecified atom stereocenters. The van der Waals surface area contributed by atoms with Crippen LogP contribution in [0.5, 0.6) is 0 Å². The largest absolute Gasteiger partial charge is 0.393 e. The average Bonchev–Trinajstić information content (AvgIpc) is 2.86. The molecule has 0 saturated heterocycles. The van der Waals surface area contributed by atoms with Gasteiger partial charge in [0.1, 0.15) is 5.78 Å². The Morgan fingerprint density at radius 2 is 2.00 bits per heavy atom. The van der Waals surface area contributed by atoms with E-state index in [-0.39, 0.29) is 22.9 Å². The molecular weight excluding hydrogens is 312 g/mol. The zero-order valence-corrected chi connectivity index (χ0v) is 15.9. The molecule has 0 aromatic rings. The van der Waals surface area contributed by atoms with Crippen molar-refractivity contribution in [3.63, 3.8) is 0 Å². The second-order valence-corrected chi connectivity index (χ2v) is 9.61. The number of aliphatic hydroxyl groups is 1. The van der Waals surface area contributed by atoms with Crippen LogP contribution in [0.2, 0.25) is 0 Å². The van der Waals surface area contributed by atoms with Crippen LogP contribution >= 0.6 is 0 Å². The summed E-state index contributed by atoms with van der Waals surface area (Å²) in [5.41, 5.74) is 1.40. The van der Waals surface area contributed by atoms with E-state index in [2.05, 4.69) is 13.8 Å². The molecule has 138 valence electrons. The first kappa shape index (κ1) is 17.5. The SMILES string of the molecule is CCC(=O)C1C[C@H](O)[C@@]2(C)CC[C@H]3[C@@H](CCC4=CC(=O)CC[C@@]43C)[C@H]12. The fourth-order valence-electron chi connectivity index (χ4n) is 7.23. The van der Waals surface area contributed by atoms with Crippen molar-refractivity contribution in [3.05, 3.63) is 11.6 Å². The summed E-state index contributed by atoms with van der Waals surface area (Å²) in [6, 6.07) is 0. The Labute approximate surface area is 151 Å². The molecule has 0 radical (unpaired) electrons. The minimum atomic E-state index is -0.336. The Morgan fingerprint density at radius 3 is 2.72 bits per heavy atom. The fraction of sp³-hybridized carbons (Fsp3) is 0.818. The Bertz CT molecular complexity index is 635. The van der Waals surface area contributed by atoms with Crippen molar-refractivity contribution in [2.45, 2.75) is 78.2 Å². The van der Waals surface area contributed by atoms with Crippen molar-refractivity contribution >= 4 is 11.6 Å². The number of Topliss-reactive ketones (excluding diaryl/α,β-unsaturated/α-hetero) is 1. The molecule has 4 aliphatic carbocycles. The number of ketones is 2. The Kier molecular flexibility index (Phi) is 4.03. The maximum absolute atomic E-state index is 12.7. The molecule has 3 fully saturated rings. The highest BCUT2D eigenvalue weighted by Gasteiger charge is 2.62. The number of fused-ring (bicyclic) bond motifs is 5. The van der Waals surface area contributed by atoms with Gasteiger partial charge in [-0.25, -0.2) is 0 Å². The van der Waals surface area contributed by atoms with Crippen molar-refractivity contribution < 1.29 is 14.7 Å². The molecule has 0 aromatic carbocycles. The number of rotatable bonds is 2. The molecule has 0 heterocycles. The lowest BCUT2D eigenvalue weighted by atomic mass is 9.46.